The summed E-state index contributed by atoms with van der Waals surface area (Å²) in [5.41, 5.74) is 0.0290. The Labute approximate surface area is 188 Å². The van der Waals surface area contributed by atoms with Gasteiger partial charge in [0.1, 0.15) is 23.2 Å². The average Bonchev–Trinajstić information content (AvgIpc) is 3.10. The quantitative estimate of drug-likeness (QED) is 0.745. The van der Waals surface area contributed by atoms with Gasteiger partial charge in [0.2, 0.25) is 5.91 Å². The topological polar surface area (TPSA) is 105 Å². The highest BCUT2D eigenvalue weighted by molar-refractivity contribution is 5.90. The molecule has 1 aliphatic carbocycles. The first-order valence-electron chi connectivity index (χ1n) is 10.5. The zero-order valence-electron chi connectivity index (χ0n) is 17.7. The molecule has 1 aromatic carbocycles. The fourth-order valence-corrected chi connectivity index (χ4v) is 4.80. The molecule has 2 saturated heterocycles. The monoisotopic (exact) mass is 454 g/mol. The first-order chi connectivity index (χ1) is 15.8. The number of benzene rings is 1. The maximum absolute atomic E-state index is 14.9. The van der Waals surface area contributed by atoms with Crippen LogP contribution in [-0.2, 0) is 19.7 Å². The van der Waals surface area contributed by atoms with Crippen LogP contribution in [0.3, 0.4) is 0 Å². The van der Waals surface area contributed by atoms with Crippen LogP contribution in [0.1, 0.15) is 12.6 Å². The lowest BCUT2D eigenvalue weighted by Crippen LogP contribution is -2.33. The molecule has 10 heteroatoms. The van der Waals surface area contributed by atoms with Crippen molar-refractivity contribution in [2.24, 2.45) is 11.8 Å². The molecule has 1 saturated carbocycles. The van der Waals surface area contributed by atoms with Crippen molar-refractivity contribution in [3.05, 3.63) is 47.8 Å². The summed E-state index contributed by atoms with van der Waals surface area (Å²) in [4.78, 5) is 28.6. The number of ether oxygens (including phenoxy) is 2. The molecule has 1 N–H and O–H groups in total. The van der Waals surface area contributed by atoms with Gasteiger partial charge in [0.05, 0.1) is 43.8 Å². The number of cyclic esters (lactones) is 1. The summed E-state index contributed by atoms with van der Waals surface area (Å²) in [7, 11) is 0. The zero-order valence-corrected chi connectivity index (χ0v) is 17.7. The van der Waals surface area contributed by atoms with E-state index in [2.05, 4.69) is 16.4 Å². The Balaban J connectivity index is 1.37. The SMILES string of the molecule is CC(=O)NC[C@H]1CN(c2cc(F)c(-c3ccc(C4(C#N)[C@@H]5COC[C@@H]54)nc3)cc2F)C(=O)O1. The Hall–Kier alpha value is -3.58. The molecule has 1 aromatic heterocycles. The van der Waals surface area contributed by atoms with Crippen molar-refractivity contribution in [2.75, 3.05) is 31.2 Å². The number of rotatable bonds is 5. The van der Waals surface area contributed by atoms with Gasteiger partial charge in [0.25, 0.3) is 0 Å². The lowest BCUT2D eigenvalue weighted by Gasteiger charge is -2.16. The average molecular weight is 454 g/mol. The third-order valence-electron chi connectivity index (χ3n) is 6.60. The van der Waals surface area contributed by atoms with Crippen molar-refractivity contribution in [1.29, 1.82) is 5.26 Å². The molecular weight excluding hydrogens is 434 g/mol. The normalized spacial score (nSPS) is 27.6. The van der Waals surface area contributed by atoms with Gasteiger partial charge in [-0.3, -0.25) is 14.7 Å². The van der Waals surface area contributed by atoms with E-state index in [1.165, 1.54) is 13.1 Å². The van der Waals surface area contributed by atoms with Crippen molar-refractivity contribution in [3.8, 4) is 17.2 Å². The number of hydrogen-bond donors (Lipinski definition) is 1. The number of hydrogen-bond acceptors (Lipinski definition) is 6. The van der Waals surface area contributed by atoms with Crippen LogP contribution in [0.2, 0.25) is 0 Å². The lowest BCUT2D eigenvalue weighted by molar-refractivity contribution is -0.119. The maximum Gasteiger partial charge on any atom is 0.414 e. The van der Waals surface area contributed by atoms with Crippen LogP contribution in [0.5, 0.6) is 0 Å². The van der Waals surface area contributed by atoms with Gasteiger partial charge in [-0.1, -0.05) is 6.07 Å². The van der Waals surface area contributed by atoms with Crippen molar-refractivity contribution in [1.82, 2.24) is 10.3 Å². The summed E-state index contributed by atoms with van der Waals surface area (Å²) in [6, 6.07) is 7.60. The van der Waals surface area contributed by atoms with Gasteiger partial charge in [0, 0.05) is 42.1 Å². The number of anilines is 1. The van der Waals surface area contributed by atoms with E-state index in [1.54, 1.807) is 12.1 Å². The summed E-state index contributed by atoms with van der Waals surface area (Å²) >= 11 is 0. The first kappa shape index (κ1) is 21.3. The zero-order chi connectivity index (χ0) is 23.3. The summed E-state index contributed by atoms with van der Waals surface area (Å²) in [6.45, 7) is 2.43. The second kappa shape index (κ2) is 7.78. The smallest absolute Gasteiger partial charge is 0.414 e. The molecule has 8 nitrogen and oxygen atoms in total. The van der Waals surface area contributed by atoms with Gasteiger partial charge in [-0.15, -0.1) is 0 Å². The molecular formula is C23H20F2N4O4. The molecule has 0 spiro atoms. The second-order valence-corrected chi connectivity index (χ2v) is 8.50. The van der Waals surface area contributed by atoms with Crippen LogP contribution in [0.15, 0.2) is 30.5 Å². The molecule has 2 amide bonds. The number of aromatic nitrogens is 1. The summed E-state index contributed by atoms with van der Waals surface area (Å²) < 4.78 is 40.3. The van der Waals surface area contributed by atoms with E-state index >= 15 is 0 Å². The number of carbonyl (C=O) groups is 2. The number of pyridine rings is 1. The van der Waals surface area contributed by atoms with Crippen molar-refractivity contribution in [3.63, 3.8) is 0 Å². The van der Waals surface area contributed by atoms with Gasteiger partial charge in [-0.2, -0.15) is 5.26 Å². The van der Waals surface area contributed by atoms with Crippen LogP contribution in [-0.4, -0.2) is 49.4 Å². The predicted octanol–water partition coefficient (Wildman–Crippen LogP) is 2.53. The molecule has 2 aliphatic heterocycles. The van der Waals surface area contributed by atoms with Crippen molar-refractivity contribution >= 4 is 17.7 Å². The molecule has 0 radical (unpaired) electrons. The number of amides is 2. The predicted molar refractivity (Wildman–Crippen MR) is 111 cm³/mol. The van der Waals surface area contributed by atoms with Gasteiger partial charge in [-0.25, -0.2) is 13.6 Å². The molecule has 33 heavy (non-hydrogen) atoms. The maximum atomic E-state index is 14.9. The van der Waals surface area contributed by atoms with Crippen LogP contribution < -0.4 is 10.2 Å². The van der Waals surface area contributed by atoms with E-state index in [0.717, 1.165) is 17.0 Å². The van der Waals surface area contributed by atoms with E-state index in [0.29, 0.717) is 24.5 Å². The molecule has 5 rings (SSSR count). The summed E-state index contributed by atoms with van der Waals surface area (Å²) in [5.74, 6) is -1.58. The molecule has 3 fully saturated rings. The second-order valence-electron chi connectivity index (χ2n) is 8.50. The standard InChI is InChI=1S/C23H20F2N4O4/c1-12(30)27-7-14-8-29(22(31)33-14)20-5-18(24)15(4-19(20)25)13-2-3-21(28-6-13)23(11-26)16-9-32-10-17(16)23/h2-6,14,16-17H,7-10H2,1H3,(H,27,30)/t14-,16-,17+,23?/m0/s1. The number of nitrogens with zero attached hydrogens (tertiary/aromatic N) is 3. The van der Waals surface area contributed by atoms with Gasteiger partial charge < -0.3 is 14.8 Å². The van der Waals surface area contributed by atoms with E-state index < -0.39 is 29.2 Å². The third kappa shape index (κ3) is 3.40. The molecule has 1 unspecified atom stereocenters. The molecule has 3 aliphatic rings. The van der Waals surface area contributed by atoms with Gasteiger partial charge >= 0.3 is 6.09 Å². The molecule has 2 aromatic rings. The highest BCUT2D eigenvalue weighted by Crippen LogP contribution is 2.62. The largest absolute Gasteiger partial charge is 0.442 e. The summed E-state index contributed by atoms with van der Waals surface area (Å²) in [6.07, 6.45) is -0.0581. The number of halogens is 2. The molecule has 170 valence electrons. The molecule has 4 atom stereocenters. The Morgan fingerprint density at radius 2 is 2.06 bits per heavy atom. The van der Waals surface area contributed by atoms with Crippen LogP contribution in [0, 0.1) is 34.8 Å². The Morgan fingerprint density at radius 1 is 1.30 bits per heavy atom. The van der Waals surface area contributed by atoms with E-state index in [1.807, 2.05) is 0 Å². The van der Waals surface area contributed by atoms with Crippen LogP contribution in [0.4, 0.5) is 19.3 Å². The van der Waals surface area contributed by atoms with E-state index in [9.17, 15) is 23.6 Å². The Kier molecular flexibility index (Phi) is 5.01. The minimum atomic E-state index is -0.816. The highest BCUT2D eigenvalue weighted by atomic mass is 19.1. The van der Waals surface area contributed by atoms with E-state index in [4.69, 9.17) is 9.47 Å². The van der Waals surface area contributed by atoms with Gasteiger partial charge in [-0.05, 0) is 12.1 Å². The fourth-order valence-electron chi connectivity index (χ4n) is 4.80. The first-order valence-corrected chi connectivity index (χ1v) is 10.5. The van der Waals surface area contributed by atoms with Gasteiger partial charge in [0.15, 0.2) is 0 Å². The fraction of sp³-hybridized carbons (Fsp3) is 0.391. The van der Waals surface area contributed by atoms with Crippen molar-refractivity contribution < 1.29 is 27.8 Å². The van der Waals surface area contributed by atoms with Crippen molar-refractivity contribution in [2.45, 2.75) is 18.4 Å². The van der Waals surface area contributed by atoms with Crippen LogP contribution >= 0.6 is 0 Å². The molecule has 3 heterocycles. The lowest BCUT2D eigenvalue weighted by atomic mass is 9.96. The number of nitrogens with one attached hydrogen (secondary N) is 1. The highest BCUT2D eigenvalue weighted by Gasteiger charge is 2.70. The number of carbonyl (C=O) groups excluding carboxylic acids is 2. The van der Waals surface area contributed by atoms with Crippen LogP contribution in [0.25, 0.3) is 11.1 Å². The van der Waals surface area contributed by atoms with E-state index in [-0.39, 0.29) is 42.1 Å². The minimum Gasteiger partial charge on any atom is -0.442 e. The Morgan fingerprint density at radius 3 is 2.70 bits per heavy atom. The third-order valence-corrected chi connectivity index (χ3v) is 6.60. The summed E-state index contributed by atoms with van der Waals surface area (Å²) in [5, 5.41) is 12.2. The molecule has 0 bridgehead atoms. The minimum absolute atomic E-state index is 0.0111. The number of nitriles is 1. The Bertz CT molecular complexity index is 1170. The number of fused-ring (bicyclic) bond motifs is 1.